The predicted octanol–water partition coefficient (Wildman–Crippen LogP) is 4.26. The zero-order valence-corrected chi connectivity index (χ0v) is 16.3. The number of carbonyl (C=O) groups excluding carboxylic acids is 2. The second kappa shape index (κ2) is 7.84. The SMILES string of the molecule is CCCN1C(=O)C(Nc2cc(Cl)ccc2C)=C(c2ccccc2OC)C1=O. The van der Waals surface area contributed by atoms with Gasteiger partial charge in [0.05, 0.1) is 12.7 Å². The van der Waals surface area contributed by atoms with E-state index in [2.05, 4.69) is 5.32 Å². The lowest BCUT2D eigenvalue weighted by molar-refractivity contribution is -0.136. The summed E-state index contributed by atoms with van der Waals surface area (Å²) in [7, 11) is 1.54. The van der Waals surface area contributed by atoms with Gasteiger partial charge in [-0.15, -0.1) is 0 Å². The quantitative estimate of drug-likeness (QED) is 0.756. The minimum Gasteiger partial charge on any atom is -0.496 e. The van der Waals surface area contributed by atoms with E-state index in [1.165, 1.54) is 4.90 Å². The molecule has 0 radical (unpaired) electrons. The maximum atomic E-state index is 13.1. The van der Waals surface area contributed by atoms with Gasteiger partial charge in [0.2, 0.25) is 0 Å². The molecule has 0 aliphatic carbocycles. The molecule has 27 heavy (non-hydrogen) atoms. The van der Waals surface area contributed by atoms with Gasteiger partial charge in [0.1, 0.15) is 11.4 Å². The van der Waals surface area contributed by atoms with Crippen molar-refractivity contribution in [1.29, 1.82) is 0 Å². The van der Waals surface area contributed by atoms with Crippen LogP contribution in [0.25, 0.3) is 5.57 Å². The lowest BCUT2D eigenvalue weighted by Crippen LogP contribution is -2.33. The van der Waals surface area contributed by atoms with Gasteiger partial charge in [-0.05, 0) is 37.1 Å². The van der Waals surface area contributed by atoms with E-state index in [4.69, 9.17) is 16.3 Å². The molecule has 5 nitrogen and oxygen atoms in total. The van der Waals surface area contributed by atoms with Crippen molar-refractivity contribution < 1.29 is 14.3 Å². The summed E-state index contributed by atoms with van der Waals surface area (Å²) in [5, 5.41) is 3.69. The molecule has 2 aromatic rings. The van der Waals surface area contributed by atoms with Crippen LogP contribution in [0, 0.1) is 6.92 Å². The lowest BCUT2D eigenvalue weighted by Gasteiger charge is -2.14. The Kier molecular flexibility index (Phi) is 5.51. The molecule has 1 aliphatic rings. The minimum absolute atomic E-state index is 0.239. The number of imide groups is 1. The number of nitrogens with one attached hydrogen (secondary N) is 1. The van der Waals surface area contributed by atoms with Crippen LogP contribution in [-0.2, 0) is 9.59 Å². The smallest absolute Gasteiger partial charge is 0.278 e. The average Bonchev–Trinajstić information content (AvgIpc) is 2.89. The van der Waals surface area contributed by atoms with Crippen molar-refractivity contribution in [3.05, 3.63) is 64.3 Å². The molecule has 0 spiro atoms. The molecule has 0 saturated carbocycles. The van der Waals surface area contributed by atoms with Crippen LogP contribution in [0.3, 0.4) is 0 Å². The number of carbonyl (C=O) groups is 2. The molecule has 140 valence electrons. The normalized spacial score (nSPS) is 14.1. The van der Waals surface area contributed by atoms with Crippen LogP contribution in [0.2, 0.25) is 5.02 Å². The first-order valence-corrected chi connectivity index (χ1v) is 9.12. The highest BCUT2D eigenvalue weighted by atomic mass is 35.5. The molecular formula is C21H21ClN2O3. The van der Waals surface area contributed by atoms with Crippen molar-refractivity contribution in [2.45, 2.75) is 20.3 Å². The summed E-state index contributed by atoms with van der Waals surface area (Å²) < 4.78 is 5.41. The monoisotopic (exact) mass is 384 g/mol. The van der Waals surface area contributed by atoms with Gasteiger partial charge in [-0.25, -0.2) is 0 Å². The molecule has 0 aromatic heterocycles. The fourth-order valence-electron chi connectivity index (χ4n) is 3.08. The number of ether oxygens (including phenoxy) is 1. The molecule has 1 aliphatic heterocycles. The van der Waals surface area contributed by atoms with Gasteiger partial charge >= 0.3 is 0 Å². The topological polar surface area (TPSA) is 58.6 Å². The summed E-state index contributed by atoms with van der Waals surface area (Å²) >= 11 is 6.11. The van der Waals surface area contributed by atoms with Crippen molar-refractivity contribution in [3.8, 4) is 5.75 Å². The Hall–Kier alpha value is -2.79. The third-order valence-corrected chi connectivity index (χ3v) is 4.69. The van der Waals surface area contributed by atoms with Gasteiger partial charge in [-0.3, -0.25) is 14.5 Å². The summed E-state index contributed by atoms with van der Waals surface area (Å²) in [6.07, 6.45) is 0.681. The second-order valence-corrected chi connectivity index (χ2v) is 6.73. The Morgan fingerprint density at radius 1 is 1.11 bits per heavy atom. The number of benzene rings is 2. The van der Waals surface area contributed by atoms with Crippen LogP contribution < -0.4 is 10.1 Å². The molecule has 3 rings (SSSR count). The van der Waals surface area contributed by atoms with Crippen LogP contribution in [0.5, 0.6) is 5.75 Å². The molecule has 6 heteroatoms. The number of rotatable bonds is 6. The van der Waals surface area contributed by atoms with Crippen molar-refractivity contribution in [1.82, 2.24) is 4.90 Å². The van der Waals surface area contributed by atoms with Crippen LogP contribution >= 0.6 is 11.6 Å². The van der Waals surface area contributed by atoms with Crippen molar-refractivity contribution in [2.24, 2.45) is 0 Å². The standard InChI is InChI=1S/C21H21ClN2O3/c1-4-11-24-20(25)18(15-7-5-6-8-17(15)27-3)19(21(24)26)23-16-12-14(22)10-9-13(16)2/h5-10,12,23H,4,11H2,1-3H3. The van der Waals surface area contributed by atoms with Gasteiger partial charge in [-0.2, -0.15) is 0 Å². The number of halogens is 1. The molecule has 0 unspecified atom stereocenters. The van der Waals surface area contributed by atoms with Gasteiger partial charge in [0, 0.05) is 22.8 Å². The summed E-state index contributed by atoms with van der Waals surface area (Å²) in [5.41, 5.74) is 2.73. The molecule has 0 atom stereocenters. The lowest BCUT2D eigenvalue weighted by atomic mass is 10.0. The number of methoxy groups -OCH3 is 1. The Morgan fingerprint density at radius 3 is 2.56 bits per heavy atom. The number of anilines is 1. The highest BCUT2D eigenvalue weighted by molar-refractivity contribution is 6.37. The first-order chi connectivity index (χ1) is 13.0. The summed E-state index contributed by atoms with van der Waals surface area (Å²) in [6, 6.07) is 12.6. The number of para-hydroxylation sites is 1. The fourth-order valence-corrected chi connectivity index (χ4v) is 3.26. The zero-order valence-electron chi connectivity index (χ0n) is 15.5. The Labute approximate surface area is 163 Å². The summed E-state index contributed by atoms with van der Waals surface area (Å²) in [4.78, 5) is 27.3. The predicted molar refractivity (Wildman–Crippen MR) is 107 cm³/mol. The first-order valence-electron chi connectivity index (χ1n) is 8.75. The minimum atomic E-state index is -0.345. The van der Waals surface area contributed by atoms with Crippen LogP contribution in [-0.4, -0.2) is 30.4 Å². The third-order valence-electron chi connectivity index (χ3n) is 4.45. The summed E-state index contributed by atoms with van der Waals surface area (Å²) in [5.74, 6) is -0.134. The Bertz CT molecular complexity index is 937. The molecule has 2 aromatic carbocycles. The van der Waals surface area contributed by atoms with Crippen molar-refractivity contribution in [3.63, 3.8) is 0 Å². The highest BCUT2D eigenvalue weighted by Crippen LogP contribution is 2.36. The van der Waals surface area contributed by atoms with E-state index < -0.39 is 0 Å². The maximum absolute atomic E-state index is 13.1. The van der Waals surface area contributed by atoms with Crippen molar-refractivity contribution in [2.75, 3.05) is 19.0 Å². The van der Waals surface area contributed by atoms with Gasteiger partial charge in [-0.1, -0.05) is 42.8 Å². The Morgan fingerprint density at radius 2 is 1.85 bits per heavy atom. The number of amides is 2. The zero-order chi connectivity index (χ0) is 19.6. The van der Waals surface area contributed by atoms with Gasteiger partial charge in [0.15, 0.2) is 0 Å². The first kappa shape index (κ1) is 19.0. The average molecular weight is 385 g/mol. The highest BCUT2D eigenvalue weighted by Gasteiger charge is 2.39. The Balaban J connectivity index is 2.16. The number of hydrogen-bond acceptors (Lipinski definition) is 4. The van der Waals surface area contributed by atoms with Crippen LogP contribution in [0.4, 0.5) is 5.69 Å². The van der Waals surface area contributed by atoms with E-state index in [-0.39, 0.29) is 17.5 Å². The van der Waals surface area contributed by atoms with E-state index >= 15 is 0 Å². The van der Waals surface area contributed by atoms with E-state index in [9.17, 15) is 9.59 Å². The molecular weight excluding hydrogens is 364 g/mol. The number of aryl methyl sites for hydroxylation is 1. The second-order valence-electron chi connectivity index (χ2n) is 6.30. The maximum Gasteiger partial charge on any atom is 0.278 e. The molecule has 1 heterocycles. The van der Waals surface area contributed by atoms with E-state index in [0.717, 1.165) is 5.56 Å². The molecule has 0 fully saturated rings. The molecule has 2 amide bonds. The van der Waals surface area contributed by atoms with E-state index in [0.29, 0.717) is 40.6 Å². The van der Waals surface area contributed by atoms with E-state index in [1.807, 2.05) is 32.0 Å². The number of nitrogens with zero attached hydrogens (tertiary/aromatic N) is 1. The number of hydrogen-bond donors (Lipinski definition) is 1. The summed E-state index contributed by atoms with van der Waals surface area (Å²) in [6.45, 7) is 4.19. The van der Waals surface area contributed by atoms with Crippen molar-refractivity contribution >= 4 is 34.7 Å². The van der Waals surface area contributed by atoms with Crippen LogP contribution in [0.1, 0.15) is 24.5 Å². The molecule has 1 N–H and O–H groups in total. The molecule has 0 saturated heterocycles. The van der Waals surface area contributed by atoms with E-state index in [1.54, 1.807) is 31.4 Å². The third kappa shape index (κ3) is 3.55. The fraction of sp³-hybridized carbons (Fsp3) is 0.238. The van der Waals surface area contributed by atoms with Gasteiger partial charge in [0.25, 0.3) is 11.8 Å². The molecule has 0 bridgehead atoms. The largest absolute Gasteiger partial charge is 0.496 e. The van der Waals surface area contributed by atoms with Gasteiger partial charge < -0.3 is 10.1 Å². The van der Waals surface area contributed by atoms with Crippen LogP contribution in [0.15, 0.2) is 48.2 Å².